The highest BCUT2D eigenvalue weighted by Gasteiger charge is 2.33. The quantitative estimate of drug-likeness (QED) is 0.909. The van der Waals surface area contributed by atoms with Crippen molar-refractivity contribution in [1.82, 2.24) is 5.32 Å². The van der Waals surface area contributed by atoms with Crippen LogP contribution in [0, 0.1) is 12.8 Å². The Morgan fingerprint density at radius 3 is 2.58 bits per heavy atom. The van der Waals surface area contributed by atoms with E-state index < -0.39 is 0 Å². The lowest BCUT2D eigenvalue weighted by Gasteiger charge is -2.18. The van der Waals surface area contributed by atoms with Crippen LogP contribution in [0.15, 0.2) is 47.1 Å². The molecule has 1 aromatic carbocycles. The number of carbonyl (C=O) groups excluding carboxylic acids is 1. The van der Waals surface area contributed by atoms with Crippen LogP contribution in [0.25, 0.3) is 0 Å². The summed E-state index contributed by atoms with van der Waals surface area (Å²) in [7, 11) is 0. The molecule has 0 saturated heterocycles. The molecule has 0 spiro atoms. The van der Waals surface area contributed by atoms with Gasteiger partial charge in [0.15, 0.2) is 0 Å². The fourth-order valence-corrected chi connectivity index (χ4v) is 2.40. The first-order valence-corrected chi connectivity index (χ1v) is 6.65. The fourth-order valence-electron chi connectivity index (χ4n) is 2.40. The van der Waals surface area contributed by atoms with Crippen molar-refractivity contribution in [3.8, 4) is 0 Å². The summed E-state index contributed by atoms with van der Waals surface area (Å²) in [5.74, 6) is 1.19. The Labute approximate surface area is 112 Å². The van der Waals surface area contributed by atoms with E-state index in [1.54, 1.807) is 12.3 Å². The summed E-state index contributed by atoms with van der Waals surface area (Å²) in [6.07, 6.45) is 3.92. The summed E-state index contributed by atoms with van der Waals surface area (Å²) in [5, 5.41) is 3.14. The van der Waals surface area contributed by atoms with E-state index in [2.05, 4.69) is 17.4 Å². The third-order valence-electron chi connectivity index (χ3n) is 3.64. The van der Waals surface area contributed by atoms with Gasteiger partial charge in [-0.2, -0.15) is 0 Å². The number of aryl methyl sites for hydroxylation is 1. The highest BCUT2D eigenvalue weighted by Crippen LogP contribution is 2.41. The lowest BCUT2D eigenvalue weighted by atomic mass is 10.0. The van der Waals surface area contributed by atoms with Crippen molar-refractivity contribution in [2.75, 3.05) is 0 Å². The summed E-state index contributed by atoms with van der Waals surface area (Å²) in [6.45, 7) is 1.81. The van der Waals surface area contributed by atoms with Crippen LogP contribution in [-0.2, 0) is 0 Å². The van der Waals surface area contributed by atoms with E-state index >= 15 is 0 Å². The van der Waals surface area contributed by atoms with E-state index in [1.165, 1.54) is 18.4 Å². The Bertz CT molecular complexity index is 569. The first-order chi connectivity index (χ1) is 9.25. The molecule has 1 aliphatic rings. The van der Waals surface area contributed by atoms with Gasteiger partial charge in [0.2, 0.25) is 0 Å². The van der Waals surface area contributed by atoms with Gasteiger partial charge in [0.05, 0.1) is 17.9 Å². The molecule has 0 aliphatic heterocycles. The Hall–Kier alpha value is -2.03. The molecule has 1 atom stereocenters. The summed E-state index contributed by atoms with van der Waals surface area (Å²) in [5.41, 5.74) is 1.81. The van der Waals surface area contributed by atoms with Crippen LogP contribution in [0.3, 0.4) is 0 Å². The van der Waals surface area contributed by atoms with E-state index in [1.807, 2.05) is 25.1 Å². The van der Waals surface area contributed by atoms with Gasteiger partial charge in [-0.05, 0) is 37.3 Å². The molecular formula is C16H17NO2. The lowest BCUT2D eigenvalue weighted by molar-refractivity contribution is 0.0930. The van der Waals surface area contributed by atoms with Gasteiger partial charge in [0, 0.05) is 0 Å². The molecule has 1 aromatic heterocycles. The summed E-state index contributed by atoms with van der Waals surface area (Å²) < 4.78 is 5.19. The van der Waals surface area contributed by atoms with Crippen molar-refractivity contribution >= 4 is 5.91 Å². The predicted molar refractivity (Wildman–Crippen MR) is 72.8 cm³/mol. The molecule has 0 radical (unpaired) electrons. The second-order valence-electron chi connectivity index (χ2n) is 5.09. The van der Waals surface area contributed by atoms with Crippen molar-refractivity contribution in [1.29, 1.82) is 0 Å². The maximum atomic E-state index is 12.3. The van der Waals surface area contributed by atoms with Crippen LogP contribution in [-0.4, -0.2) is 5.91 Å². The zero-order valence-corrected chi connectivity index (χ0v) is 10.9. The molecule has 1 N–H and O–H groups in total. The normalized spacial score (nSPS) is 16.1. The van der Waals surface area contributed by atoms with Crippen molar-refractivity contribution in [3.63, 3.8) is 0 Å². The highest BCUT2D eigenvalue weighted by atomic mass is 16.3. The maximum Gasteiger partial charge on any atom is 0.255 e. The van der Waals surface area contributed by atoms with Crippen LogP contribution >= 0.6 is 0 Å². The summed E-state index contributed by atoms with van der Waals surface area (Å²) in [6, 6.07) is 12.0. The van der Waals surface area contributed by atoms with Gasteiger partial charge in [0.1, 0.15) is 5.76 Å². The topological polar surface area (TPSA) is 42.2 Å². The minimum atomic E-state index is -0.0491. The van der Waals surface area contributed by atoms with E-state index in [-0.39, 0.29) is 11.9 Å². The van der Waals surface area contributed by atoms with Gasteiger partial charge in [-0.15, -0.1) is 0 Å². The molecule has 1 fully saturated rings. The van der Waals surface area contributed by atoms with Crippen molar-refractivity contribution < 1.29 is 9.21 Å². The second-order valence-corrected chi connectivity index (χ2v) is 5.09. The molecule has 3 nitrogen and oxygen atoms in total. The number of hydrogen-bond donors (Lipinski definition) is 1. The smallest absolute Gasteiger partial charge is 0.255 e. The van der Waals surface area contributed by atoms with Crippen molar-refractivity contribution in [3.05, 3.63) is 59.5 Å². The van der Waals surface area contributed by atoms with Gasteiger partial charge in [-0.3, -0.25) is 4.79 Å². The molecule has 98 valence electrons. The van der Waals surface area contributed by atoms with Crippen LogP contribution in [0.4, 0.5) is 0 Å². The zero-order valence-electron chi connectivity index (χ0n) is 10.9. The van der Waals surface area contributed by atoms with Crippen LogP contribution in [0.5, 0.6) is 0 Å². The Morgan fingerprint density at radius 1 is 1.26 bits per heavy atom. The number of hydrogen-bond acceptors (Lipinski definition) is 2. The SMILES string of the molecule is Cc1occc1C(=O)N[C@H](c1ccccc1)C1CC1. The molecule has 3 heteroatoms. The first kappa shape index (κ1) is 12.0. The Balaban J connectivity index is 1.79. The monoisotopic (exact) mass is 255 g/mol. The molecule has 2 aromatic rings. The molecular weight excluding hydrogens is 238 g/mol. The Kier molecular flexibility index (Phi) is 3.11. The highest BCUT2D eigenvalue weighted by molar-refractivity contribution is 5.95. The minimum absolute atomic E-state index is 0.0491. The van der Waals surface area contributed by atoms with E-state index in [0.717, 1.165) is 0 Å². The maximum absolute atomic E-state index is 12.3. The number of nitrogens with one attached hydrogen (secondary N) is 1. The van der Waals surface area contributed by atoms with Gasteiger partial charge in [-0.25, -0.2) is 0 Å². The molecule has 1 amide bonds. The molecule has 1 saturated carbocycles. The number of benzene rings is 1. The van der Waals surface area contributed by atoms with Crippen molar-refractivity contribution in [2.24, 2.45) is 5.92 Å². The second kappa shape index (κ2) is 4.92. The molecule has 0 bridgehead atoms. The lowest BCUT2D eigenvalue weighted by Crippen LogP contribution is -2.30. The van der Waals surface area contributed by atoms with Gasteiger partial charge in [0.25, 0.3) is 5.91 Å². The molecule has 1 aliphatic carbocycles. The van der Waals surface area contributed by atoms with E-state index in [9.17, 15) is 4.79 Å². The zero-order chi connectivity index (χ0) is 13.2. The molecule has 0 unspecified atom stereocenters. The van der Waals surface area contributed by atoms with Gasteiger partial charge in [-0.1, -0.05) is 30.3 Å². The third kappa shape index (κ3) is 2.55. The van der Waals surface area contributed by atoms with Gasteiger partial charge < -0.3 is 9.73 Å². The average molecular weight is 255 g/mol. The first-order valence-electron chi connectivity index (χ1n) is 6.65. The average Bonchev–Trinajstić information content (AvgIpc) is 3.18. The predicted octanol–water partition coefficient (Wildman–Crippen LogP) is 3.47. The minimum Gasteiger partial charge on any atom is -0.469 e. The third-order valence-corrected chi connectivity index (χ3v) is 3.64. The Morgan fingerprint density at radius 2 is 2.00 bits per heavy atom. The molecule has 3 rings (SSSR count). The fraction of sp³-hybridized carbons (Fsp3) is 0.312. The molecule has 1 heterocycles. The van der Waals surface area contributed by atoms with E-state index in [4.69, 9.17) is 4.42 Å². The summed E-state index contributed by atoms with van der Waals surface area (Å²) in [4.78, 5) is 12.3. The van der Waals surface area contributed by atoms with Gasteiger partial charge >= 0.3 is 0 Å². The van der Waals surface area contributed by atoms with Crippen LogP contribution in [0.2, 0.25) is 0 Å². The largest absolute Gasteiger partial charge is 0.469 e. The van der Waals surface area contributed by atoms with E-state index in [0.29, 0.717) is 17.2 Å². The number of amides is 1. The van der Waals surface area contributed by atoms with Crippen molar-refractivity contribution in [2.45, 2.75) is 25.8 Å². The standard InChI is InChI=1S/C16H17NO2/c1-11-14(9-10-19-11)16(18)17-15(13-7-8-13)12-5-3-2-4-6-12/h2-6,9-10,13,15H,7-8H2,1H3,(H,17,18)/t15-/m1/s1. The summed E-state index contributed by atoms with van der Waals surface area (Å²) >= 11 is 0. The van der Waals surface area contributed by atoms with Crippen LogP contribution < -0.4 is 5.32 Å². The number of furan rings is 1. The number of carbonyl (C=O) groups is 1. The molecule has 19 heavy (non-hydrogen) atoms. The number of rotatable bonds is 4. The van der Waals surface area contributed by atoms with Crippen LogP contribution in [0.1, 0.15) is 40.6 Å².